The number of imidazole rings is 1. The Kier molecular flexibility index (Phi) is 4.01. The molecular weight excluding hydrogens is 235 g/mol. The summed E-state index contributed by atoms with van der Waals surface area (Å²) in [7, 11) is 0. The molecule has 0 spiro atoms. The van der Waals surface area contributed by atoms with Gasteiger partial charge in [-0.1, -0.05) is 0 Å². The zero-order valence-corrected chi connectivity index (χ0v) is 9.71. The van der Waals surface area contributed by atoms with Crippen molar-refractivity contribution in [1.82, 2.24) is 19.9 Å². The topological polar surface area (TPSA) is 59.8 Å². The molecule has 0 saturated carbocycles. The number of carbonyl (C=O) groups excluding carboxylic acids is 1. The number of aryl methyl sites for hydroxylation is 1. The van der Waals surface area contributed by atoms with Gasteiger partial charge < -0.3 is 9.88 Å². The summed E-state index contributed by atoms with van der Waals surface area (Å²) in [6.07, 6.45) is 8.44. The van der Waals surface area contributed by atoms with Gasteiger partial charge in [0.15, 0.2) is 5.82 Å². The van der Waals surface area contributed by atoms with Gasteiger partial charge in [0.05, 0.1) is 18.1 Å². The van der Waals surface area contributed by atoms with Crippen LogP contribution in [0.3, 0.4) is 0 Å². The molecule has 2 aromatic heterocycles. The first-order chi connectivity index (χ1) is 8.77. The lowest BCUT2D eigenvalue weighted by Crippen LogP contribution is -2.26. The van der Waals surface area contributed by atoms with Gasteiger partial charge in [-0.3, -0.25) is 9.78 Å². The molecule has 0 aliphatic rings. The molecule has 0 aliphatic carbocycles. The van der Waals surface area contributed by atoms with Crippen molar-refractivity contribution in [3.63, 3.8) is 0 Å². The minimum absolute atomic E-state index is 0.0210. The Morgan fingerprint density at radius 2 is 2.28 bits per heavy atom. The fourth-order valence-electron chi connectivity index (χ4n) is 1.54. The molecule has 0 aromatic carbocycles. The molecule has 2 aromatic rings. The van der Waals surface area contributed by atoms with E-state index in [0.717, 1.165) is 19.2 Å². The first-order valence-corrected chi connectivity index (χ1v) is 5.61. The SMILES string of the molecule is O=C(NCCCn1ccnc1)c1ccncc1F. The first-order valence-electron chi connectivity index (χ1n) is 5.61. The van der Waals surface area contributed by atoms with Crippen LogP contribution in [0.2, 0.25) is 0 Å². The van der Waals surface area contributed by atoms with Crippen LogP contribution in [-0.2, 0) is 6.54 Å². The van der Waals surface area contributed by atoms with Crippen LogP contribution in [0.1, 0.15) is 16.8 Å². The number of nitrogens with one attached hydrogen (secondary N) is 1. The van der Waals surface area contributed by atoms with E-state index in [0.29, 0.717) is 6.54 Å². The van der Waals surface area contributed by atoms with Gasteiger partial charge in [-0.05, 0) is 12.5 Å². The van der Waals surface area contributed by atoms with Crippen LogP contribution in [0.5, 0.6) is 0 Å². The summed E-state index contributed by atoms with van der Waals surface area (Å²) in [6, 6.07) is 1.36. The highest BCUT2D eigenvalue weighted by atomic mass is 19.1. The molecule has 94 valence electrons. The Labute approximate surface area is 104 Å². The van der Waals surface area contributed by atoms with Gasteiger partial charge in [-0.15, -0.1) is 0 Å². The number of amides is 1. The van der Waals surface area contributed by atoms with Gasteiger partial charge in [0.2, 0.25) is 0 Å². The molecule has 0 atom stereocenters. The minimum Gasteiger partial charge on any atom is -0.352 e. The van der Waals surface area contributed by atoms with Gasteiger partial charge in [-0.2, -0.15) is 0 Å². The van der Waals surface area contributed by atoms with Crippen molar-refractivity contribution in [2.24, 2.45) is 0 Å². The van der Waals surface area contributed by atoms with Crippen LogP contribution in [0.4, 0.5) is 4.39 Å². The Balaban J connectivity index is 1.77. The fraction of sp³-hybridized carbons (Fsp3) is 0.250. The van der Waals surface area contributed by atoms with Crippen molar-refractivity contribution in [3.05, 3.63) is 48.6 Å². The van der Waals surface area contributed by atoms with Crippen molar-refractivity contribution in [3.8, 4) is 0 Å². The molecule has 0 radical (unpaired) electrons. The van der Waals surface area contributed by atoms with Gasteiger partial charge in [0.1, 0.15) is 0 Å². The predicted molar refractivity (Wildman–Crippen MR) is 63.4 cm³/mol. The van der Waals surface area contributed by atoms with E-state index < -0.39 is 11.7 Å². The van der Waals surface area contributed by atoms with Crippen LogP contribution < -0.4 is 5.32 Å². The third-order valence-electron chi connectivity index (χ3n) is 2.45. The quantitative estimate of drug-likeness (QED) is 0.810. The average molecular weight is 248 g/mol. The number of rotatable bonds is 5. The highest BCUT2D eigenvalue weighted by molar-refractivity contribution is 5.94. The van der Waals surface area contributed by atoms with E-state index in [-0.39, 0.29) is 5.56 Å². The van der Waals surface area contributed by atoms with Crippen molar-refractivity contribution >= 4 is 5.91 Å². The molecule has 6 heteroatoms. The van der Waals surface area contributed by atoms with Crippen LogP contribution in [-0.4, -0.2) is 27.0 Å². The molecule has 0 bridgehead atoms. The molecule has 0 saturated heterocycles. The molecule has 18 heavy (non-hydrogen) atoms. The zero-order chi connectivity index (χ0) is 12.8. The Morgan fingerprint density at radius 1 is 1.39 bits per heavy atom. The second kappa shape index (κ2) is 5.90. The predicted octanol–water partition coefficient (Wildman–Crippen LogP) is 1.24. The number of pyridine rings is 1. The summed E-state index contributed by atoms with van der Waals surface area (Å²) >= 11 is 0. The fourth-order valence-corrected chi connectivity index (χ4v) is 1.54. The summed E-state index contributed by atoms with van der Waals surface area (Å²) < 4.78 is 15.2. The molecule has 1 amide bonds. The molecule has 2 heterocycles. The largest absolute Gasteiger partial charge is 0.352 e. The third kappa shape index (κ3) is 3.13. The van der Waals surface area contributed by atoms with E-state index in [1.165, 1.54) is 12.3 Å². The van der Waals surface area contributed by atoms with Gasteiger partial charge in [0, 0.05) is 31.7 Å². The first kappa shape index (κ1) is 12.2. The van der Waals surface area contributed by atoms with Crippen molar-refractivity contribution in [2.45, 2.75) is 13.0 Å². The second-order valence-corrected chi connectivity index (χ2v) is 3.77. The summed E-state index contributed by atoms with van der Waals surface area (Å²) in [5, 5.41) is 2.66. The Hall–Kier alpha value is -2.24. The van der Waals surface area contributed by atoms with Crippen molar-refractivity contribution in [1.29, 1.82) is 0 Å². The number of carbonyl (C=O) groups is 1. The lowest BCUT2D eigenvalue weighted by molar-refractivity contribution is 0.0948. The maximum absolute atomic E-state index is 13.2. The van der Waals surface area contributed by atoms with Gasteiger partial charge in [0.25, 0.3) is 5.91 Å². The highest BCUT2D eigenvalue weighted by Gasteiger charge is 2.09. The van der Waals surface area contributed by atoms with E-state index in [1.54, 1.807) is 12.5 Å². The van der Waals surface area contributed by atoms with Gasteiger partial charge in [-0.25, -0.2) is 9.37 Å². The maximum atomic E-state index is 13.2. The molecule has 0 unspecified atom stereocenters. The number of hydrogen-bond acceptors (Lipinski definition) is 3. The summed E-state index contributed by atoms with van der Waals surface area (Å²) in [5.74, 6) is -1.02. The number of aromatic nitrogens is 3. The second-order valence-electron chi connectivity index (χ2n) is 3.77. The molecule has 0 aliphatic heterocycles. The number of nitrogens with zero attached hydrogens (tertiary/aromatic N) is 3. The average Bonchev–Trinajstić information content (AvgIpc) is 2.88. The van der Waals surface area contributed by atoms with E-state index in [9.17, 15) is 9.18 Å². The molecule has 5 nitrogen and oxygen atoms in total. The van der Waals surface area contributed by atoms with Crippen LogP contribution >= 0.6 is 0 Å². The van der Waals surface area contributed by atoms with E-state index >= 15 is 0 Å². The van der Waals surface area contributed by atoms with E-state index in [2.05, 4.69) is 15.3 Å². The van der Waals surface area contributed by atoms with E-state index in [1.807, 2.05) is 10.8 Å². The normalized spacial score (nSPS) is 10.3. The maximum Gasteiger partial charge on any atom is 0.254 e. The Morgan fingerprint density at radius 3 is 3.00 bits per heavy atom. The third-order valence-corrected chi connectivity index (χ3v) is 2.45. The van der Waals surface area contributed by atoms with Crippen molar-refractivity contribution < 1.29 is 9.18 Å². The molecule has 0 fully saturated rings. The standard InChI is InChI=1S/C12H13FN4O/c13-11-8-14-4-2-10(11)12(18)16-3-1-6-17-7-5-15-9-17/h2,4-5,7-9H,1,3,6H2,(H,16,18). The zero-order valence-electron chi connectivity index (χ0n) is 9.71. The van der Waals surface area contributed by atoms with E-state index in [4.69, 9.17) is 0 Å². The number of hydrogen-bond donors (Lipinski definition) is 1. The summed E-state index contributed by atoms with van der Waals surface area (Å²) in [5.41, 5.74) is 0.0210. The van der Waals surface area contributed by atoms with Crippen LogP contribution in [0.15, 0.2) is 37.2 Å². The Bertz CT molecular complexity index is 513. The van der Waals surface area contributed by atoms with Crippen molar-refractivity contribution in [2.75, 3.05) is 6.54 Å². The molecule has 1 N–H and O–H groups in total. The summed E-state index contributed by atoms with van der Waals surface area (Å²) in [4.78, 5) is 19.1. The smallest absolute Gasteiger partial charge is 0.254 e. The molecule has 2 rings (SSSR count). The summed E-state index contributed by atoms with van der Waals surface area (Å²) in [6.45, 7) is 1.25. The lowest BCUT2D eigenvalue weighted by Gasteiger charge is -2.06. The van der Waals surface area contributed by atoms with Gasteiger partial charge >= 0.3 is 0 Å². The minimum atomic E-state index is -0.607. The highest BCUT2D eigenvalue weighted by Crippen LogP contribution is 2.03. The monoisotopic (exact) mass is 248 g/mol. The molecular formula is C12H13FN4O. The van der Waals surface area contributed by atoms with Crippen LogP contribution in [0, 0.1) is 5.82 Å². The van der Waals surface area contributed by atoms with Crippen LogP contribution in [0.25, 0.3) is 0 Å². The number of halogens is 1. The lowest BCUT2D eigenvalue weighted by atomic mass is 10.2.